The molecule has 0 unspecified atom stereocenters. The fourth-order valence-corrected chi connectivity index (χ4v) is 2.98. The Balaban J connectivity index is 2.16. The Morgan fingerprint density at radius 2 is 1.68 bits per heavy atom. The third-order valence-corrected chi connectivity index (χ3v) is 4.19. The topological polar surface area (TPSA) is 20.3 Å². The predicted octanol–water partition coefficient (Wildman–Crippen LogP) is 4.45. The lowest BCUT2D eigenvalue weighted by Gasteiger charge is -2.30. The summed E-state index contributed by atoms with van der Waals surface area (Å²) in [4.78, 5) is 14.6. The normalized spacial score (nSPS) is 14.1. The van der Waals surface area contributed by atoms with E-state index in [2.05, 4.69) is 24.8 Å². The van der Waals surface area contributed by atoms with Crippen molar-refractivity contribution in [2.24, 2.45) is 5.92 Å². The second kappa shape index (κ2) is 5.80. The van der Waals surface area contributed by atoms with Gasteiger partial charge in [-0.3, -0.25) is 4.79 Å². The van der Waals surface area contributed by atoms with Gasteiger partial charge in [0.2, 0.25) is 5.91 Å². The van der Waals surface area contributed by atoms with Crippen molar-refractivity contribution in [3.05, 3.63) is 71.8 Å². The maximum Gasteiger partial charge on any atom is 0.229 e. The first-order valence-corrected chi connectivity index (χ1v) is 7.73. The standard InChI is InChI=1S/C20H21NO/c1-14(2)20(22)21-13-17-9-5-4-8-16(17)12-15(3)18-10-6-7-11-19(18)21/h4-11,14H,3,12-13H2,1-2H3. The Morgan fingerprint density at radius 3 is 2.41 bits per heavy atom. The number of fused-ring (bicyclic) bond motifs is 2. The molecule has 1 amide bonds. The van der Waals surface area contributed by atoms with Crippen molar-refractivity contribution in [1.29, 1.82) is 0 Å². The molecule has 22 heavy (non-hydrogen) atoms. The maximum absolute atomic E-state index is 12.7. The van der Waals surface area contributed by atoms with Crippen LogP contribution < -0.4 is 4.90 Å². The highest BCUT2D eigenvalue weighted by Gasteiger charge is 2.25. The van der Waals surface area contributed by atoms with Gasteiger partial charge in [-0.05, 0) is 29.2 Å². The molecular formula is C20H21NO. The zero-order valence-electron chi connectivity index (χ0n) is 13.2. The van der Waals surface area contributed by atoms with Crippen LogP contribution in [-0.2, 0) is 17.8 Å². The highest BCUT2D eigenvalue weighted by atomic mass is 16.2. The first-order chi connectivity index (χ1) is 10.6. The van der Waals surface area contributed by atoms with Crippen LogP contribution in [0.4, 0.5) is 5.69 Å². The van der Waals surface area contributed by atoms with Gasteiger partial charge in [-0.15, -0.1) is 0 Å². The maximum atomic E-state index is 12.7. The summed E-state index contributed by atoms with van der Waals surface area (Å²) in [5.74, 6) is 0.116. The van der Waals surface area contributed by atoms with Gasteiger partial charge in [0, 0.05) is 11.5 Å². The molecule has 3 rings (SSSR count). The van der Waals surface area contributed by atoms with E-state index in [1.54, 1.807) is 0 Å². The Hall–Kier alpha value is -2.35. The van der Waals surface area contributed by atoms with E-state index in [1.165, 1.54) is 11.1 Å². The van der Waals surface area contributed by atoms with Crippen molar-refractivity contribution in [3.8, 4) is 0 Å². The van der Waals surface area contributed by atoms with Gasteiger partial charge in [0.15, 0.2) is 0 Å². The molecule has 0 fully saturated rings. The third kappa shape index (κ3) is 2.57. The summed E-state index contributed by atoms with van der Waals surface area (Å²) in [5.41, 5.74) is 5.56. The van der Waals surface area contributed by atoms with Crippen LogP contribution in [0, 0.1) is 5.92 Å². The molecule has 0 spiro atoms. The van der Waals surface area contributed by atoms with Crippen LogP contribution >= 0.6 is 0 Å². The van der Waals surface area contributed by atoms with Gasteiger partial charge >= 0.3 is 0 Å². The molecule has 1 heterocycles. The van der Waals surface area contributed by atoms with Crippen LogP contribution in [0.1, 0.15) is 30.5 Å². The van der Waals surface area contributed by atoms with Crippen LogP contribution in [0.25, 0.3) is 5.57 Å². The van der Waals surface area contributed by atoms with E-state index in [4.69, 9.17) is 0 Å². The third-order valence-electron chi connectivity index (χ3n) is 4.19. The summed E-state index contributed by atoms with van der Waals surface area (Å²) < 4.78 is 0. The Bertz CT molecular complexity index is 730. The van der Waals surface area contributed by atoms with E-state index in [0.717, 1.165) is 23.2 Å². The number of rotatable bonds is 1. The molecule has 1 aliphatic rings. The monoisotopic (exact) mass is 291 g/mol. The summed E-state index contributed by atoms with van der Waals surface area (Å²) in [6.45, 7) is 8.78. The molecule has 112 valence electrons. The number of benzene rings is 2. The smallest absolute Gasteiger partial charge is 0.229 e. The number of hydrogen-bond acceptors (Lipinski definition) is 1. The largest absolute Gasteiger partial charge is 0.307 e. The van der Waals surface area contributed by atoms with Crippen LogP contribution in [0.15, 0.2) is 55.1 Å². The highest BCUT2D eigenvalue weighted by molar-refractivity contribution is 5.98. The number of anilines is 1. The molecule has 0 saturated heterocycles. The summed E-state index contributed by atoms with van der Waals surface area (Å²) in [6.07, 6.45) is 0.830. The molecule has 0 bridgehead atoms. The number of allylic oxidation sites excluding steroid dienone is 1. The summed E-state index contributed by atoms with van der Waals surface area (Å²) in [5, 5.41) is 0. The fraction of sp³-hybridized carbons (Fsp3) is 0.250. The lowest BCUT2D eigenvalue weighted by molar-refractivity contribution is -0.121. The minimum Gasteiger partial charge on any atom is -0.307 e. The van der Waals surface area contributed by atoms with E-state index in [9.17, 15) is 4.79 Å². The van der Waals surface area contributed by atoms with Gasteiger partial charge in [0.05, 0.1) is 12.2 Å². The van der Waals surface area contributed by atoms with Gasteiger partial charge in [-0.25, -0.2) is 0 Å². The predicted molar refractivity (Wildman–Crippen MR) is 91.7 cm³/mol. The van der Waals surface area contributed by atoms with Crippen molar-refractivity contribution < 1.29 is 4.79 Å². The zero-order valence-corrected chi connectivity index (χ0v) is 13.2. The van der Waals surface area contributed by atoms with Crippen LogP contribution in [0.5, 0.6) is 0 Å². The minimum atomic E-state index is -0.0343. The van der Waals surface area contributed by atoms with Gasteiger partial charge in [-0.1, -0.05) is 62.9 Å². The van der Waals surface area contributed by atoms with E-state index in [0.29, 0.717) is 6.54 Å². The molecule has 0 atom stereocenters. The quantitative estimate of drug-likeness (QED) is 0.760. The average Bonchev–Trinajstić information content (AvgIpc) is 2.52. The fourth-order valence-electron chi connectivity index (χ4n) is 2.98. The van der Waals surface area contributed by atoms with Crippen molar-refractivity contribution in [3.63, 3.8) is 0 Å². The number of para-hydroxylation sites is 1. The van der Waals surface area contributed by atoms with E-state index >= 15 is 0 Å². The average molecular weight is 291 g/mol. The van der Waals surface area contributed by atoms with E-state index in [1.807, 2.05) is 49.1 Å². The molecule has 0 radical (unpaired) electrons. The lowest BCUT2D eigenvalue weighted by atomic mass is 9.92. The van der Waals surface area contributed by atoms with Crippen molar-refractivity contribution in [2.45, 2.75) is 26.8 Å². The second-order valence-corrected chi connectivity index (χ2v) is 6.15. The Labute approximate surface area is 132 Å². The van der Waals surface area contributed by atoms with Crippen LogP contribution in [0.3, 0.4) is 0 Å². The molecule has 0 N–H and O–H groups in total. The van der Waals surface area contributed by atoms with Gasteiger partial charge in [0.1, 0.15) is 0 Å². The first kappa shape index (κ1) is 14.6. The molecule has 2 aromatic carbocycles. The van der Waals surface area contributed by atoms with Crippen molar-refractivity contribution in [2.75, 3.05) is 4.90 Å². The Morgan fingerprint density at radius 1 is 1.05 bits per heavy atom. The van der Waals surface area contributed by atoms with Crippen molar-refractivity contribution >= 4 is 17.2 Å². The van der Waals surface area contributed by atoms with Crippen LogP contribution in [0.2, 0.25) is 0 Å². The first-order valence-electron chi connectivity index (χ1n) is 7.73. The van der Waals surface area contributed by atoms with Gasteiger partial charge < -0.3 is 4.90 Å². The van der Waals surface area contributed by atoms with E-state index < -0.39 is 0 Å². The molecule has 1 aliphatic heterocycles. The highest BCUT2D eigenvalue weighted by Crippen LogP contribution is 2.34. The van der Waals surface area contributed by atoms with Crippen molar-refractivity contribution in [1.82, 2.24) is 0 Å². The molecule has 0 saturated carbocycles. The molecule has 0 aromatic heterocycles. The molecule has 2 nitrogen and oxygen atoms in total. The number of amides is 1. The van der Waals surface area contributed by atoms with Gasteiger partial charge in [0.25, 0.3) is 0 Å². The van der Waals surface area contributed by atoms with Gasteiger partial charge in [-0.2, -0.15) is 0 Å². The molecule has 2 heteroatoms. The number of carbonyl (C=O) groups excluding carboxylic acids is 1. The number of carbonyl (C=O) groups is 1. The zero-order chi connectivity index (χ0) is 15.7. The summed E-state index contributed by atoms with van der Waals surface area (Å²) in [7, 11) is 0. The number of nitrogens with zero attached hydrogens (tertiary/aromatic N) is 1. The second-order valence-electron chi connectivity index (χ2n) is 6.15. The summed E-state index contributed by atoms with van der Waals surface area (Å²) >= 11 is 0. The summed E-state index contributed by atoms with van der Waals surface area (Å²) in [6, 6.07) is 16.4. The number of hydrogen-bond donors (Lipinski definition) is 0. The molecule has 0 aliphatic carbocycles. The van der Waals surface area contributed by atoms with Crippen LogP contribution in [-0.4, -0.2) is 5.91 Å². The molecule has 2 aromatic rings. The molecular weight excluding hydrogens is 270 g/mol. The lowest BCUT2D eigenvalue weighted by Crippen LogP contribution is -2.35. The SMILES string of the molecule is C=C1Cc2ccccc2CN(C(=O)C(C)C)c2ccccc21. The minimum absolute atomic E-state index is 0.0343. The van der Waals surface area contributed by atoms with E-state index in [-0.39, 0.29) is 11.8 Å². The Kier molecular flexibility index (Phi) is 3.84.